The van der Waals surface area contributed by atoms with Gasteiger partial charge in [-0.25, -0.2) is 10.8 Å². The Hall–Kier alpha value is -1.73. The lowest BCUT2D eigenvalue weighted by atomic mass is 10.3. The highest BCUT2D eigenvalue weighted by Gasteiger charge is 2.07. The van der Waals surface area contributed by atoms with Crippen LogP contribution in [0.25, 0.3) is 0 Å². The zero-order valence-electron chi connectivity index (χ0n) is 11.3. The second kappa shape index (κ2) is 8.39. The molecule has 7 nitrogen and oxygen atoms in total. The monoisotopic (exact) mass is 267 g/mol. The number of hydrogen-bond acceptors (Lipinski definition) is 6. The Morgan fingerprint density at radius 1 is 1.42 bits per heavy atom. The highest BCUT2D eigenvalue weighted by Crippen LogP contribution is 2.00. The van der Waals surface area contributed by atoms with Crippen LogP contribution in [0.1, 0.15) is 37.2 Å². The summed E-state index contributed by atoms with van der Waals surface area (Å²) in [6, 6.07) is 0. The number of nitrogens with zero attached hydrogens (tertiary/aromatic N) is 2. The molecule has 0 saturated carbocycles. The van der Waals surface area contributed by atoms with Crippen molar-refractivity contribution in [2.75, 3.05) is 18.6 Å². The number of nitrogen functional groups attached to an aromatic ring is 1. The molecule has 7 heteroatoms. The summed E-state index contributed by atoms with van der Waals surface area (Å²) in [7, 11) is 0. The van der Waals surface area contributed by atoms with Crippen molar-refractivity contribution in [1.82, 2.24) is 15.3 Å². The molecule has 0 radical (unpaired) electrons. The van der Waals surface area contributed by atoms with Crippen LogP contribution in [0.2, 0.25) is 0 Å². The number of ether oxygens (including phenoxy) is 1. The van der Waals surface area contributed by atoms with Gasteiger partial charge >= 0.3 is 0 Å². The van der Waals surface area contributed by atoms with Crippen molar-refractivity contribution in [2.45, 2.75) is 32.8 Å². The van der Waals surface area contributed by atoms with Gasteiger partial charge in [0.15, 0.2) is 5.82 Å². The topological polar surface area (TPSA) is 102 Å². The van der Waals surface area contributed by atoms with Crippen LogP contribution < -0.4 is 16.6 Å². The summed E-state index contributed by atoms with van der Waals surface area (Å²) in [6.45, 7) is 5.29. The number of carbonyl (C=O) groups excluding carboxylic acids is 1. The van der Waals surface area contributed by atoms with Crippen LogP contribution >= 0.6 is 0 Å². The number of anilines is 1. The molecule has 0 spiro atoms. The lowest BCUT2D eigenvalue weighted by Crippen LogP contribution is -2.26. The van der Waals surface area contributed by atoms with E-state index in [1.54, 1.807) is 0 Å². The second-order valence-corrected chi connectivity index (χ2v) is 4.32. The van der Waals surface area contributed by atoms with E-state index in [9.17, 15) is 4.79 Å². The van der Waals surface area contributed by atoms with Gasteiger partial charge in [0.2, 0.25) is 0 Å². The van der Waals surface area contributed by atoms with Gasteiger partial charge in [0.1, 0.15) is 5.69 Å². The average Bonchev–Trinajstić information content (AvgIpc) is 2.42. The summed E-state index contributed by atoms with van der Waals surface area (Å²) in [4.78, 5) is 19.6. The van der Waals surface area contributed by atoms with Gasteiger partial charge in [-0.2, -0.15) is 0 Å². The first-order chi connectivity index (χ1) is 9.13. The van der Waals surface area contributed by atoms with Gasteiger partial charge in [-0.1, -0.05) is 0 Å². The Morgan fingerprint density at radius 2 is 2.21 bits per heavy atom. The standard InChI is InChI=1S/C12H21N5O2/c1-9(2)19-6-4-3-5-15-12(18)10-7-14-8-11(16-10)17-13/h7-9H,3-6,13H2,1-2H3,(H,15,18)(H,16,17). The van der Waals surface area contributed by atoms with Gasteiger partial charge in [-0.3, -0.25) is 9.78 Å². The van der Waals surface area contributed by atoms with Gasteiger partial charge in [-0.15, -0.1) is 0 Å². The van der Waals surface area contributed by atoms with Crippen LogP contribution in [0.3, 0.4) is 0 Å². The van der Waals surface area contributed by atoms with Crippen molar-refractivity contribution >= 4 is 11.7 Å². The molecule has 1 aromatic rings. The van der Waals surface area contributed by atoms with Crippen LogP contribution in [0, 0.1) is 0 Å². The molecule has 1 aromatic heterocycles. The van der Waals surface area contributed by atoms with Crippen molar-refractivity contribution in [3.63, 3.8) is 0 Å². The third-order valence-electron chi connectivity index (χ3n) is 2.32. The first-order valence-corrected chi connectivity index (χ1v) is 6.32. The van der Waals surface area contributed by atoms with Crippen molar-refractivity contribution in [2.24, 2.45) is 5.84 Å². The van der Waals surface area contributed by atoms with E-state index in [1.165, 1.54) is 12.4 Å². The summed E-state index contributed by atoms with van der Waals surface area (Å²) in [5.41, 5.74) is 2.59. The maximum Gasteiger partial charge on any atom is 0.271 e. The van der Waals surface area contributed by atoms with E-state index in [0.717, 1.165) is 12.8 Å². The minimum absolute atomic E-state index is 0.244. The third-order valence-corrected chi connectivity index (χ3v) is 2.32. The number of nitrogens with one attached hydrogen (secondary N) is 2. The zero-order chi connectivity index (χ0) is 14.1. The second-order valence-electron chi connectivity index (χ2n) is 4.32. The Bertz CT molecular complexity index is 397. The predicted molar refractivity (Wildman–Crippen MR) is 72.5 cm³/mol. The van der Waals surface area contributed by atoms with Gasteiger partial charge in [0.05, 0.1) is 18.5 Å². The minimum atomic E-state index is -0.255. The van der Waals surface area contributed by atoms with Crippen LogP contribution in [0.4, 0.5) is 5.82 Å². The average molecular weight is 267 g/mol. The predicted octanol–water partition coefficient (Wildman–Crippen LogP) is 0.697. The highest BCUT2D eigenvalue weighted by molar-refractivity contribution is 5.92. The molecule has 1 amide bonds. The maximum absolute atomic E-state index is 11.7. The summed E-state index contributed by atoms with van der Waals surface area (Å²) in [6.07, 6.45) is 4.87. The van der Waals surface area contributed by atoms with E-state index in [1.807, 2.05) is 13.8 Å². The number of nitrogens with two attached hydrogens (primary N) is 1. The van der Waals surface area contributed by atoms with E-state index in [-0.39, 0.29) is 17.7 Å². The SMILES string of the molecule is CC(C)OCCCCNC(=O)c1cncc(NN)n1. The van der Waals surface area contributed by atoms with Gasteiger partial charge in [-0.05, 0) is 26.7 Å². The van der Waals surface area contributed by atoms with Gasteiger partial charge in [0.25, 0.3) is 5.91 Å². The maximum atomic E-state index is 11.7. The number of aromatic nitrogens is 2. The fraction of sp³-hybridized carbons (Fsp3) is 0.583. The fourth-order valence-corrected chi connectivity index (χ4v) is 1.38. The molecule has 19 heavy (non-hydrogen) atoms. The van der Waals surface area contributed by atoms with E-state index in [0.29, 0.717) is 19.0 Å². The van der Waals surface area contributed by atoms with Crippen LogP contribution in [0.15, 0.2) is 12.4 Å². The van der Waals surface area contributed by atoms with E-state index in [2.05, 4.69) is 20.7 Å². The Morgan fingerprint density at radius 3 is 2.89 bits per heavy atom. The van der Waals surface area contributed by atoms with Gasteiger partial charge < -0.3 is 15.5 Å². The lowest BCUT2D eigenvalue weighted by Gasteiger charge is -2.08. The molecule has 0 unspecified atom stereocenters. The number of amides is 1. The highest BCUT2D eigenvalue weighted by atomic mass is 16.5. The van der Waals surface area contributed by atoms with Crippen molar-refractivity contribution in [3.8, 4) is 0 Å². The molecule has 0 aliphatic carbocycles. The third kappa shape index (κ3) is 6.12. The molecule has 106 valence electrons. The first kappa shape index (κ1) is 15.3. The number of hydrogen-bond donors (Lipinski definition) is 3. The van der Waals surface area contributed by atoms with Crippen LogP contribution in [-0.4, -0.2) is 35.1 Å². The fourth-order valence-electron chi connectivity index (χ4n) is 1.38. The van der Waals surface area contributed by atoms with Crippen LogP contribution in [-0.2, 0) is 4.74 Å². The summed E-state index contributed by atoms with van der Waals surface area (Å²) < 4.78 is 5.41. The molecule has 0 aromatic carbocycles. The minimum Gasteiger partial charge on any atom is -0.379 e. The molecular formula is C12H21N5O2. The molecule has 0 fully saturated rings. The van der Waals surface area contributed by atoms with E-state index in [4.69, 9.17) is 10.6 Å². The molecule has 1 heterocycles. The molecule has 0 atom stereocenters. The Kier molecular flexibility index (Phi) is 6.76. The van der Waals surface area contributed by atoms with E-state index < -0.39 is 0 Å². The molecular weight excluding hydrogens is 246 g/mol. The number of hydrazine groups is 1. The molecule has 0 saturated heterocycles. The normalized spacial score (nSPS) is 10.5. The molecule has 1 rings (SSSR count). The van der Waals surface area contributed by atoms with Crippen molar-refractivity contribution in [3.05, 3.63) is 18.1 Å². The van der Waals surface area contributed by atoms with Crippen LogP contribution in [0.5, 0.6) is 0 Å². The Balaban J connectivity index is 2.23. The number of carbonyl (C=O) groups is 1. The molecule has 0 bridgehead atoms. The quantitative estimate of drug-likeness (QED) is 0.364. The molecule has 4 N–H and O–H groups in total. The molecule has 0 aliphatic heterocycles. The van der Waals surface area contributed by atoms with Gasteiger partial charge in [0, 0.05) is 13.2 Å². The Labute approximate surface area is 112 Å². The zero-order valence-corrected chi connectivity index (χ0v) is 11.3. The largest absolute Gasteiger partial charge is 0.379 e. The summed E-state index contributed by atoms with van der Waals surface area (Å²) in [5, 5.41) is 2.77. The van der Waals surface area contributed by atoms with E-state index >= 15 is 0 Å². The molecule has 0 aliphatic rings. The summed E-state index contributed by atoms with van der Waals surface area (Å²) in [5.74, 6) is 5.30. The smallest absolute Gasteiger partial charge is 0.271 e. The number of unbranched alkanes of at least 4 members (excludes halogenated alkanes) is 1. The number of rotatable bonds is 8. The first-order valence-electron chi connectivity index (χ1n) is 6.32. The van der Waals surface area contributed by atoms with Crippen molar-refractivity contribution in [1.29, 1.82) is 0 Å². The lowest BCUT2D eigenvalue weighted by molar-refractivity contribution is 0.0754. The van der Waals surface area contributed by atoms with Crippen molar-refractivity contribution < 1.29 is 9.53 Å². The summed E-state index contributed by atoms with van der Waals surface area (Å²) >= 11 is 0.